The minimum atomic E-state index is -4.70. The third-order valence-corrected chi connectivity index (χ3v) is 4.26. The molecule has 0 fully saturated rings. The molecule has 0 aliphatic rings. The van der Waals surface area contributed by atoms with Crippen LogP contribution in [0.3, 0.4) is 0 Å². The van der Waals surface area contributed by atoms with Gasteiger partial charge in [0, 0.05) is 21.8 Å². The normalized spacial score (nSPS) is 11.7. The number of alkyl halides is 3. The first kappa shape index (κ1) is 17.4. The zero-order chi connectivity index (χ0) is 18.0. The highest BCUT2D eigenvalue weighted by atomic mass is 32.2. The molecule has 0 aliphatic heterocycles. The van der Waals surface area contributed by atoms with Gasteiger partial charge in [0.1, 0.15) is 11.6 Å². The van der Waals surface area contributed by atoms with Crippen LogP contribution < -0.4 is 0 Å². The van der Waals surface area contributed by atoms with E-state index in [0.717, 1.165) is 0 Å². The molecule has 25 heavy (non-hydrogen) atoms. The van der Waals surface area contributed by atoms with Crippen molar-refractivity contribution in [2.45, 2.75) is 16.8 Å². The topological polar surface area (TPSA) is 38.9 Å². The van der Waals surface area contributed by atoms with Gasteiger partial charge in [-0.25, -0.2) is 8.78 Å². The second-order valence-corrected chi connectivity index (χ2v) is 5.98. The van der Waals surface area contributed by atoms with E-state index in [1.165, 1.54) is 42.1 Å². The van der Waals surface area contributed by atoms with Crippen molar-refractivity contribution in [3.8, 4) is 11.4 Å². The molecule has 3 rings (SSSR count). The first-order valence-corrected chi connectivity index (χ1v) is 7.90. The lowest BCUT2D eigenvalue weighted by atomic mass is 10.2. The molecular weight excluding hydrogens is 363 g/mol. The van der Waals surface area contributed by atoms with Gasteiger partial charge < -0.3 is 4.52 Å². The van der Waals surface area contributed by atoms with Gasteiger partial charge in [-0.3, -0.25) is 0 Å². The number of aromatic nitrogens is 2. The average molecular weight is 372 g/mol. The fraction of sp³-hybridized carbons (Fsp3) is 0.125. The molecule has 0 unspecified atom stereocenters. The zero-order valence-corrected chi connectivity index (χ0v) is 13.2. The fourth-order valence-electron chi connectivity index (χ4n) is 1.98. The Morgan fingerprint density at radius 1 is 0.960 bits per heavy atom. The van der Waals surface area contributed by atoms with E-state index in [1.807, 2.05) is 0 Å². The summed E-state index contributed by atoms with van der Waals surface area (Å²) in [6.45, 7) is 0. The lowest BCUT2D eigenvalue weighted by Gasteiger charge is -2.05. The highest BCUT2D eigenvalue weighted by Gasteiger charge is 2.38. The van der Waals surface area contributed by atoms with Crippen molar-refractivity contribution in [3.63, 3.8) is 0 Å². The largest absolute Gasteiger partial charge is 0.471 e. The fourth-order valence-corrected chi connectivity index (χ4v) is 2.90. The van der Waals surface area contributed by atoms with Gasteiger partial charge in [0.25, 0.3) is 0 Å². The number of rotatable bonds is 4. The van der Waals surface area contributed by atoms with Gasteiger partial charge >= 0.3 is 12.1 Å². The summed E-state index contributed by atoms with van der Waals surface area (Å²) in [4.78, 5) is 3.98. The smallest absolute Gasteiger partial charge is 0.329 e. The number of halogens is 5. The molecule has 0 radical (unpaired) electrons. The highest BCUT2D eigenvalue weighted by Crippen LogP contribution is 2.31. The highest BCUT2D eigenvalue weighted by molar-refractivity contribution is 7.98. The Bertz CT molecular complexity index is 857. The van der Waals surface area contributed by atoms with E-state index >= 15 is 0 Å². The van der Waals surface area contributed by atoms with Crippen LogP contribution in [0.15, 0.2) is 51.9 Å². The Morgan fingerprint density at radius 3 is 2.16 bits per heavy atom. The van der Waals surface area contributed by atoms with Crippen molar-refractivity contribution < 1.29 is 26.5 Å². The summed E-state index contributed by atoms with van der Waals surface area (Å²) < 4.78 is 68.6. The third-order valence-electron chi connectivity index (χ3n) is 3.23. The van der Waals surface area contributed by atoms with Crippen molar-refractivity contribution in [2.75, 3.05) is 0 Å². The Hall–Kier alpha value is -2.42. The molecule has 0 saturated heterocycles. The summed E-state index contributed by atoms with van der Waals surface area (Å²) >= 11 is 1.19. The zero-order valence-electron chi connectivity index (χ0n) is 12.3. The molecule has 1 heterocycles. The van der Waals surface area contributed by atoms with E-state index in [0.29, 0.717) is 10.5 Å². The van der Waals surface area contributed by atoms with E-state index in [9.17, 15) is 22.0 Å². The van der Waals surface area contributed by atoms with Crippen LogP contribution in [0, 0.1) is 11.6 Å². The van der Waals surface area contributed by atoms with Crippen LogP contribution in [0.4, 0.5) is 22.0 Å². The maximum Gasteiger partial charge on any atom is 0.471 e. The predicted molar refractivity (Wildman–Crippen MR) is 80.7 cm³/mol. The first-order valence-electron chi connectivity index (χ1n) is 6.91. The predicted octanol–water partition coefficient (Wildman–Crippen LogP) is 5.33. The maximum absolute atomic E-state index is 13.6. The monoisotopic (exact) mass is 372 g/mol. The molecule has 0 atom stereocenters. The second-order valence-electron chi connectivity index (χ2n) is 4.93. The van der Waals surface area contributed by atoms with Gasteiger partial charge in [-0.05, 0) is 36.4 Å². The van der Waals surface area contributed by atoms with Crippen molar-refractivity contribution in [1.29, 1.82) is 0 Å². The molecule has 130 valence electrons. The van der Waals surface area contributed by atoms with Crippen LogP contribution in [0.2, 0.25) is 0 Å². The van der Waals surface area contributed by atoms with Gasteiger partial charge in [0.05, 0.1) is 0 Å². The summed E-state index contributed by atoms with van der Waals surface area (Å²) in [6.07, 6.45) is -4.70. The lowest BCUT2D eigenvalue weighted by Crippen LogP contribution is -2.04. The molecule has 0 saturated carbocycles. The van der Waals surface area contributed by atoms with E-state index in [2.05, 4.69) is 14.7 Å². The molecule has 3 aromatic rings. The summed E-state index contributed by atoms with van der Waals surface area (Å²) in [7, 11) is 0. The third kappa shape index (κ3) is 3.98. The molecule has 0 aliphatic carbocycles. The first-order chi connectivity index (χ1) is 11.8. The number of hydrogen-bond donors (Lipinski definition) is 0. The Kier molecular flexibility index (Phi) is 4.76. The Balaban J connectivity index is 1.71. The molecule has 2 aromatic carbocycles. The van der Waals surface area contributed by atoms with E-state index < -0.39 is 23.7 Å². The van der Waals surface area contributed by atoms with E-state index in [4.69, 9.17) is 0 Å². The standard InChI is InChI=1S/C16H9F5N2OS/c17-12-2-1-3-13(18)11(12)8-25-10-6-4-9(5-7-10)14-22-15(24-23-14)16(19,20)21/h1-7H,8H2. The maximum atomic E-state index is 13.6. The molecular formula is C16H9F5N2OS. The minimum Gasteiger partial charge on any atom is -0.329 e. The molecule has 0 spiro atoms. The van der Waals surface area contributed by atoms with E-state index in [-0.39, 0.29) is 17.1 Å². The van der Waals surface area contributed by atoms with Gasteiger partial charge in [-0.15, -0.1) is 11.8 Å². The van der Waals surface area contributed by atoms with Gasteiger partial charge in [0.15, 0.2) is 0 Å². The van der Waals surface area contributed by atoms with Crippen LogP contribution in [0.25, 0.3) is 11.4 Å². The number of thioether (sulfide) groups is 1. The quantitative estimate of drug-likeness (QED) is 0.459. The van der Waals surface area contributed by atoms with Crippen molar-refractivity contribution >= 4 is 11.8 Å². The molecule has 9 heteroatoms. The van der Waals surface area contributed by atoms with Gasteiger partial charge in [0.2, 0.25) is 5.82 Å². The number of hydrogen-bond acceptors (Lipinski definition) is 4. The number of benzene rings is 2. The van der Waals surface area contributed by atoms with Crippen LogP contribution in [-0.2, 0) is 11.9 Å². The number of nitrogens with zero attached hydrogens (tertiary/aromatic N) is 2. The Labute approximate surface area is 142 Å². The summed E-state index contributed by atoms with van der Waals surface area (Å²) in [5.41, 5.74) is 0.297. The molecule has 0 bridgehead atoms. The van der Waals surface area contributed by atoms with Gasteiger partial charge in [-0.1, -0.05) is 11.2 Å². The van der Waals surface area contributed by atoms with Crippen molar-refractivity contribution in [1.82, 2.24) is 10.1 Å². The SMILES string of the molecule is Fc1cccc(F)c1CSc1ccc(-c2noc(C(F)(F)F)n2)cc1. The van der Waals surface area contributed by atoms with E-state index in [1.54, 1.807) is 12.1 Å². The van der Waals surface area contributed by atoms with Crippen LogP contribution in [0.5, 0.6) is 0 Å². The molecule has 0 amide bonds. The van der Waals surface area contributed by atoms with Crippen LogP contribution in [-0.4, -0.2) is 10.1 Å². The minimum absolute atomic E-state index is 0.0374. The second kappa shape index (κ2) is 6.83. The molecule has 0 N–H and O–H groups in total. The van der Waals surface area contributed by atoms with Crippen molar-refractivity contribution in [2.24, 2.45) is 0 Å². The average Bonchev–Trinajstić information content (AvgIpc) is 3.05. The summed E-state index contributed by atoms with van der Waals surface area (Å²) in [5.74, 6) is -2.79. The Morgan fingerprint density at radius 2 is 1.60 bits per heavy atom. The lowest BCUT2D eigenvalue weighted by molar-refractivity contribution is -0.159. The summed E-state index contributed by atoms with van der Waals surface area (Å²) in [6, 6.07) is 9.85. The van der Waals surface area contributed by atoms with Crippen LogP contribution >= 0.6 is 11.8 Å². The van der Waals surface area contributed by atoms with Gasteiger partial charge in [-0.2, -0.15) is 18.2 Å². The molecule has 3 nitrogen and oxygen atoms in total. The molecule has 1 aromatic heterocycles. The van der Waals surface area contributed by atoms with Crippen LogP contribution in [0.1, 0.15) is 11.5 Å². The summed E-state index contributed by atoms with van der Waals surface area (Å²) in [5, 5.41) is 3.29. The van der Waals surface area contributed by atoms with Crippen molar-refractivity contribution in [3.05, 3.63) is 65.6 Å².